The highest BCUT2D eigenvalue weighted by Crippen LogP contribution is 2.24. The third kappa shape index (κ3) is 10.2. The van der Waals surface area contributed by atoms with Gasteiger partial charge < -0.3 is 20.7 Å². The normalized spacial score (nSPS) is 13.6. The van der Waals surface area contributed by atoms with Gasteiger partial charge in [-0.3, -0.25) is 4.90 Å². The SMILES string of the molecule is CCN(CC(O)CN)CC(O)COc1ccc(C(C)(C)C)cc1.Cl.Cl. The highest BCUT2D eigenvalue weighted by atomic mass is 35.5. The van der Waals surface area contributed by atoms with Crippen molar-refractivity contribution in [3.05, 3.63) is 29.8 Å². The second-order valence-corrected chi connectivity index (χ2v) is 6.98. The molecule has 0 saturated heterocycles. The zero-order chi connectivity index (χ0) is 17.5. The first-order valence-corrected chi connectivity index (χ1v) is 8.28. The van der Waals surface area contributed by atoms with E-state index in [0.717, 1.165) is 12.3 Å². The van der Waals surface area contributed by atoms with Gasteiger partial charge in [0.2, 0.25) is 0 Å². The summed E-state index contributed by atoms with van der Waals surface area (Å²) in [6, 6.07) is 7.97. The molecule has 0 aliphatic carbocycles. The third-order valence-electron chi connectivity index (χ3n) is 3.82. The summed E-state index contributed by atoms with van der Waals surface area (Å²) in [5, 5.41) is 19.7. The molecule has 5 nitrogen and oxygen atoms in total. The fourth-order valence-electron chi connectivity index (χ4n) is 2.30. The Balaban J connectivity index is 0. The van der Waals surface area contributed by atoms with E-state index in [-0.39, 0.29) is 43.4 Å². The molecule has 2 unspecified atom stereocenters. The molecular weight excluding hydrogens is 363 g/mol. The van der Waals surface area contributed by atoms with Crippen molar-refractivity contribution in [1.82, 2.24) is 4.90 Å². The minimum absolute atomic E-state index is 0. The number of likely N-dealkylation sites (N-methyl/N-ethyl adjacent to an activating group) is 1. The van der Waals surface area contributed by atoms with E-state index in [1.165, 1.54) is 5.56 Å². The average Bonchev–Trinajstić information content (AvgIpc) is 2.51. The van der Waals surface area contributed by atoms with Gasteiger partial charge in [-0.1, -0.05) is 39.8 Å². The Morgan fingerprint density at radius 1 is 1.04 bits per heavy atom. The molecule has 1 aromatic carbocycles. The Bertz CT molecular complexity index is 453. The van der Waals surface area contributed by atoms with Crippen molar-refractivity contribution in [1.29, 1.82) is 0 Å². The van der Waals surface area contributed by atoms with Crippen LogP contribution >= 0.6 is 24.8 Å². The van der Waals surface area contributed by atoms with Crippen molar-refractivity contribution in [2.45, 2.75) is 45.3 Å². The van der Waals surface area contributed by atoms with Crippen molar-refractivity contribution in [3.8, 4) is 5.75 Å². The predicted octanol–water partition coefficient (Wildman–Crippen LogP) is 2.21. The lowest BCUT2D eigenvalue weighted by molar-refractivity contribution is 0.0495. The summed E-state index contributed by atoms with van der Waals surface area (Å²) in [5.41, 5.74) is 6.78. The van der Waals surface area contributed by atoms with E-state index in [9.17, 15) is 10.2 Å². The van der Waals surface area contributed by atoms with Gasteiger partial charge in [-0.25, -0.2) is 0 Å². The predicted molar refractivity (Wildman–Crippen MR) is 108 cm³/mol. The van der Waals surface area contributed by atoms with E-state index >= 15 is 0 Å². The number of hydrogen-bond acceptors (Lipinski definition) is 5. The first-order chi connectivity index (χ1) is 10.8. The first-order valence-electron chi connectivity index (χ1n) is 8.28. The number of aliphatic hydroxyl groups is 2. The van der Waals surface area contributed by atoms with Crippen LogP contribution in [-0.4, -0.2) is 60.1 Å². The minimum atomic E-state index is -0.609. The van der Waals surface area contributed by atoms with Crippen LogP contribution in [0, 0.1) is 0 Å². The molecule has 7 heteroatoms. The van der Waals surface area contributed by atoms with E-state index in [2.05, 4.69) is 32.9 Å². The summed E-state index contributed by atoms with van der Waals surface area (Å²) in [4.78, 5) is 1.97. The van der Waals surface area contributed by atoms with E-state index in [1.54, 1.807) is 0 Å². The van der Waals surface area contributed by atoms with Crippen LogP contribution < -0.4 is 10.5 Å². The lowest BCUT2D eigenvalue weighted by atomic mass is 9.87. The molecule has 0 amide bonds. The number of rotatable bonds is 9. The maximum absolute atomic E-state index is 10.1. The summed E-state index contributed by atoms with van der Waals surface area (Å²) < 4.78 is 5.65. The maximum atomic E-state index is 10.1. The number of ether oxygens (including phenoxy) is 1. The topological polar surface area (TPSA) is 79.0 Å². The molecule has 4 N–H and O–H groups in total. The third-order valence-corrected chi connectivity index (χ3v) is 3.82. The molecule has 148 valence electrons. The van der Waals surface area contributed by atoms with Crippen molar-refractivity contribution in [2.24, 2.45) is 5.73 Å². The Labute approximate surface area is 164 Å². The van der Waals surface area contributed by atoms with Crippen LogP contribution in [0.25, 0.3) is 0 Å². The summed E-state index contributed by atoms with van der Waals surface area (Å²) in [6.45, 7) is 10.6. The lowest BCUT2D eigenvalue weighted by Crippen LogP contribution is -2.41. The zero-order valence-corrected chi connectivity index (χ0v) is 17.3. The summed E-state index contributed by atoms with van der Waals surface area (Å²) in [5.74, 6) is 0.752. The van der Waals surface area contributed by atoms with Crippen LogP contribution in [0.4, 0.5) is 0 Å². The standard InChI is InChI=1S/C18H32N2O3.2ClH/c1-5-20(11-15(21)10-19)12-16(22)13-23-17-8-6-14(7-9-17)18(2,3)4;;/h6-9,15-16,21-22H,5,10-13,19H2,1-4H3;2*1H. The Morgan fingerprint density at radius 2 is 1.56 bits per heavy atom. The smallest absolute Gasteiger partial charge is 0.119 e. The van der Waals surface area contributed by atoms with Crippen LogP contribution in [0.3, 0.4) is 0 Å². The second kappa shape index (κ2) is 12.7. The monoisotopic (exact) mass is 396 g/mol. The summed E-state index contributed by atoms with van der Waals surface area (Å²) in [7, 11) is 0. The summed E-state index contributed by atoms with van der Waals surface area (Å²) >= 11 is 0. The quantitative estimate of drug-likeness (QED) is 0.596. The van der Waals surface area contributed by atoms with Crippen molar-refractivity contribution in [2.75, 3.05) is 32.8 Å². The van der Waals surface area contributed by atoms with Gasteiger partial charge in [0.15, 0.2) is 0 Å². The Kier molecular flexibility index (Phi) is 13.6. The van der Waals surface area contributed by atoms with Crippen molar-refractivity contribution >= 4 is 24.8 Å². The number of hydrogen-bond donors (Lipinski definition) is 3. The van der Waals surface area contributed by atoms with Crippen LogP contribution in [0.5, 0.6) is 5.75 Å². The highest BCUT2D eigenvalue weighted by molar-refractivity contribution is 5.85. The molecule has 0 radical (unpaired) electrons. The molecule has 0 saturated carbocycles. The van der Waals surface area contributed by atoms with E-state index in [4.69, 9.17) is 10.5 Å². The number of nitrogens with two attached hydrogens (primary N) is 1. The van der Waals surface area contributed by atoms with Gasteiger partial charge in [0.05, 0.1) is 6.10 Å². The fraction of sp³-hybridized carbons (Fsp3) is 0.667. The lowest BCUT2D eigenvalue weighted by Gasteiger charge is -2.25. The van der Waals surface area contributed by atoms with Gasteiger partial charge in [-0.05, 0) is 29.7 Å². The molecule has 0 aliphatic heterocycles. The second-order valence-electron chi connectivity index (χ2n) is 6.98. The first kappa shape index (κ1) is 26.7. The molecule has 0 aliphatic rings. The molecule has 1 rings (SSSR count). The van der Waals surface area contributed by atoms with Gasteiger partial charge in [0, 0.05) is 19.6 Å². The van der Waals surface area contributed by atoms with Gasteiger partial charge in [-0.2, -0.15) is 0 Å². The fourth-order valence-corrected chi connectivity index (χ4v) is 2.30. The molecule has 25 heavy (non-hydrogen) atoms. The van der Waals surface area contributed by atoms with Gasteiger partial charge in [-0.15, -0.1) is 24.8 Å². The molecule has 0 fully saturated rings. The highest BCUT2D eigenvalue weighted by Gasteiger charge is 2.15. The van der Waals surface area contributed by atoms with Crippen molar-refractivity contribution in [3.63, 3.8) is 0 Å². The Hall–Kier alpha value is -0.560. The molecule has 2 atom stereocenters. The van der Waals surface area contributed by atoms with Crippen LogP contribution in [0.1, 0.15) is 33.3 Å². The minimum Gasteiger partial charge on any atom is -0.491 e. The van der Waals surface area contributed by atoms with Gasteiger partial charge >= 0.3 is 0 Å². The number of nitrogens with zero attached hydrogens (tertiary/aromatic N) is 1. The summed E-state index contributed by atoms with van der Waals surface area (Å²) in [6.07, 6.45) is -1.17. The van der Waals surface area contributed by atoms with E-state index in [0.29, 0.717) is 13.1 Å². The van der Waals surface area contributed by atoms with Crippen LogP contribution in [0.2, 0.25) is 0 Å². The number of aliphatic hydroxyl groups excluding tert-OH is 2. The average molecular weight is 397 g/mol. The zero-order valence-electron chi connectivity index (χ0n) is 15.6. The largest absolute Gasteiger partial charge is 0.491 e. The molecule has 0 aromatic heterocycles. The van der Waals surface area contributed by atoms with E-state index < -0.39 is 12.2 Å². The molecule has 0 heterocycles. The maximum Gasteiger partial charge on any atom is 0.119 e. The molecular formula is C18H34Cl2N2O3. The molecule has 1 aromatic rings. The number of benzene rings is 1. The Morgan fingerprint density at radius 3 is 2.00 bits per heavy atom. The van der Waals surface area contributed by atoms with Crippen LogP contribution in [-0.2, 0) is 5.41 Å². The van der Waals surface area contributed by atoms with Crippen molar-refractivity contribution < 1.29 is 14.9 Å². The van der Waals surface area contributed by atoms with Crippen LogP contribution in [0.15, 0.2) is 24.3 Å². The molecule has 0 spiro atoms. The van der Waals surface area contributed by atoms with Gasteiger partial charge in [0.1, 0.15) is 18.5 Å². The molecule has 0 bridgehead atoms. The van der Waals surface area contributed by atoms with Gasteiger partial charge in [0.25, 0.3) is 0 Å². The van der Waals surface area contributed by atoms with E-state index in [1.807, 2.05) is 24.0 Å². The number of halogens is 2.